The van der Waals surface area contributed by atoms with E-state index in [1.165, 1.54) is 24.3 Å². The van der Waals surface area contributed by atoms with Crippen LogP contribution in [-0.4, -0.2) is 9.97 Å². The van der Waals surface area contributed by atoms with Crippen molar-refractivity contribution in [2.75, 3.05) is 0 Å². The molecule has 0 aliphatic heterocycles. The molecule has 2 aromatic heterocycles. The number of aromatic amines is 2. The highest BCUT2D eigenvalue weighted by Crippen LogP contribution is 2.33. The molecule has 2 aromatic carbocycles. The highest BCUT2D eigenvalue weighted by Gasteiger charge is 2.33. The SMILES string of the molecule is Cc1cc(=O)c2c(C(F)(F)F)cccc2[nH]1.Cc1cc(=O)c2ccc(C(F)(F)F)cc2[nH]1. The van der Waals surface area contributed by atoms with Crippen LogP contribution in [0.15, 0.2) is 58.1 Å². The Balaban J connectivity index is 0.000000181. The van der Waals surface area contributed by atoms with Crippen LogP contribution >= 0.6 is 0 Å². The smallest absolute Gasteiger partial charge is 0.358 e. The van der Waals surface area contributed by atoms with E-state index in [-0.39, 0.29) is 27.2 Å². The summed E-state index contributed by atoms with van der Waals surface area (Å²) in [4.78, 5) is 28.5. The molecule has 32 heavy (non-hydrogen) atoms. The number of halogens is 6. The van der Waals surface area contributed by atoms with Gasteiger partial charge in [0.1, 0.15) is 0 Å². The van der Waals surface area contributed by atoms with Crippen molar-refractivity contribution in [2.45, 2.75) is 26.2 Å². The monoisotopic (exact) mass is 454 g/mol. The molecule has 4 rings (SSSR count). The van der Waals surface area contributed by atoms with Crippen molar-refractivity contribution in [1.29, 1.82) is 0 Å². The highest BCUT2D eigenvalue weighted by atomic mass is 19.4. The Kier molecular flexibility index (Phi) is 5.90. The molecule has 2 N–H and O–H groups in total. The Hall–Kier alpha value is -3.56. The lowest BCUT2D eigenvalue weighted by atomic mass is 10.1. The van der Waals surface area contributed by atoms with Crippen LogP contribution in [0.1, 0.15) is 22.5 Å². The topological polar surface area (TPSA) is 65.7 Å². The van der Waals surface area contributed by atoms with E-state index in [0.29, 0.717) is 11.4 Å². The molecular weight excluding hydrogens is 438 g/mol. The predicted octanol–water partition coefficient (Wildman–Crippen LogP) is 5.71. The van der Waals surface area contributed by atoms with E-state index in [9.17, 15) is 35.9 Å². The van der Waals surface area contributed by atoms with Crippen molar-refractivity contribution < 1.29 is 26.3 Å². The van der Waals surface area contributed by atoms with E-state index in [4.69, 9.17) is 0 Å². The van der Waals surface area contributed by atoms with Crippen LogP contribution < -0.4 is 10.9 Å². The molecule has 0 fully saturated rings. The number of fused-ring (bicyclic) bond motifs is 2. The number of benzene rings is 2. The van der Waals surface area contributed by atoms with Gasteiger partial charge in [0, 0.05) is 28.9 Å². The summed E-state index contributed by atoms with van der Waals surface area (Å²) in [5, 5.41) is -0.0424. The molecular formula is C22H16F6N2O2. The predicted molar refractivity (Wildman–Crippen MR) is 109 cm³/mol. The van der Waals surface area contributed by atoms with Crippen molar-refractivity contribution in [2.24, 2.45) is 0 Å². The molecule has 4 nitrogen and oxygen atoms in total. The summed E-state index contributed by atoms with van der Waals surface area (Å²) >= 11 is 0. The molecule has 0 aliphatic rings. The minimum absolute atomic E-state index is 0.208. The van der Waals surface area contributed by atoms with Crippen LogP contribution in [0.3, 0.4) is 0 Å². The first kappa shape index (κ1) is 23.1. The zero-order valence-corrected chi connectivity index (χ0v) is 16.7. The van der Waals surface area contributed by atoms with Crippen LogP contribution in [-0.2, 0) is 12.4 Å². The summed E-state index contributed by atoms with van der Waals surface area (Å²) < 4.78 is 75.2. The first-order chi connectivity index (χ1) is 14.8. The Bertz CT molecular complexity index is 1410. The quantitative estimate of drug-likeness (QED) is 0.334. The highest BCUT2D eigenvalue weighted by molar-refractivity contribution is 5.82. The summed E-state index contributed by atoms with van der Waals surface area (Å²) in [6, 6.07) is 9.21. The molecule has 0 spiro atoms. The molecule has 0 aliphatic carbocycles. The zero-order chi connectivity index (χ0) is 23.8. The van der Waals surface area contributed by atoms with Gasteiger partial charge in [0.05, 0.1) is 27.5 Å². The van der Waals surface area contributed by atoms with Crippen molar-refractivity contribution in [1.82, 2.24) is 9.97 Å². The van der Waals surface area contributed by atoms with Gasteiger partial charge in [-0.05, 0) is 44.2 Å². The molecule has 0 unspecified atom stereocenters. The minimum Gasteiger partial charge on any atom is -0.358 e. The maximum atomic E-state index is 12.6. The fourth-order valence-corrected chi connectivity index (χ4v) is 3.24. The molecule has 10 heteroatoms. The van der Waals surface area contributed by atoms with Crippen LogP contribution in [0.2, 0.25) is 0 Å². The average Bonchev–Trinajstić information content (AvgIpc) is 2.65. The van der Waals surface area contributed by atoms with Gasteiger partial charge in [0.2, 0.25) is 0 Å². The van der Waals surface area contributed by atoms with E-state index >= 15 is 0 Å². The second kappa shape index (κ2) is 8.18. The fourth-order valence-electron chi connectivity index (χ4n) is 3.24. The third-order valence-corrected chi connectivity index (χ3v) is 4.59. The van der Waals surface area contributed by atoms with Gasteiger partial charge < -0.3 is 9.97 Å². The molecule has 0 atom stereocenters. The van der Waals surface area contributed by atoms with Gasteiger partial charge in [-0.2, -0.15) is 26.3 Å². The minimum atomic E-state index is -4.51. The number of hydrogen-bond acceptors (Lipinski definition) is 2. The van der Waals surface area contributed by atoms with E-state index in [1.807, 2.05) is 0 Å². The molecule has 0 saturated carbocycles. The van der Waals surface area contributed by atoms with Crippen LogP contribution in [0.25, 0.3) is 21.8 Å². The third kappa shape index (κ3) is 4.84. The number of aryl methyl sites for hydroxylation is 2. The average molecular weight is 454 g/mol. The Morgan fingerprint density at radius 2 is 1.28 bits per heavy atom. The van der Waals surface area contributed by atoms with E-state index in [0.717, 1.165) is 24.3 Å². The first-order valence-corrected chi connectivity index (χ1v) is 9.18. The largest absolute Gasteiger partial charge is 0.417 e. The lowest BCUT2D eigenvalue weighted by Gasteiger charge is -2.09. The second-order valence-electron chi connectivity index (χ2n) is 7.12. The normalized spacial score (nSPS) is 12.0. The summed E-state index contributed by atoms with van der Waals surface area (Å²) in [5.74, 6) is 0. The number of nitrogens with one attached hydrogen (secondary N) is 2. The lowest BCUT2D eigenvalue weighted by Crippen LogP contribution is -2.12. The number of alkyl halides is 6. The number of rotatable bonds is 0. The first-order valence-electron chi connectivity index (χ1n) is 9.18. The van der Waals surface area contributed by atoms with Gasteiger partial charge in [-0.3, -0.25) is 9.59 Å². The zero-order valence-electron chi connectivity index (χ0n) is 16.7. The van der Waals surface area contributed by atoms with E-state index in [1.54, 1.807) is 13.8 Å². The van der Waals surface area contributed by atoms with Gasteiger partial charge in [-0.15, -0.1) is 0 Å². The molecule has 0 bridgehead atoms. The van der Waals surface area contributed by atoms with Crippen molar-refractivity contribution in [3.63, 3.8) is 0 Å². The molecule has 168 valence electrons. The van der Waals surface area contributed by atoms with Crippen molar-refractivity contribution in [3.8, 4) is 0 Å². The number of pyridine rings is 2. The third-order valence-electron chi connectivity index (χ3n) is 4.59. The summed E-state index contributed by atoms with van der Waals surface area (Å²) in [6.45, 7) is 3.25. The molecule has 0 radical (unpaired) electrons. The van der Waals surface area contributed by atoms with Crippen LogP contribution in [0.4, 0.5) is 26.3 Å². The van der Waals surface area contributed by atoms with Gasteiger partial charge in [0.15, 0.2) is 10.9 Å². The Morgan fingerprint density at radius 1 is 0.688 bits per heavy atom. The lowest BCUT2D eigenvalue weighted by molar-refractivity contribution is -0.137. The summed E-state index contributed by atoms with van der Waals surface area (Å²) in [5.41, 5.74) is -1.06. The van der Waals surface area contributed by atoms with E-state index in [2.05, 4.69) is 9.97 Å². The number of H-pyrrole nitrogens is 2. The van der Waals surface area contributed by atoms with Gasteiger partial charge >= 0.3 is 12.4 Å². The molecule has 4 aromatic rings. The Labute approximate surface area is 176 Å². The van der Waals surface area contributed by atoms with Crippen LogP contribution in [0.5, 0.6) is 0 Å². The van der Waals surface area contributed by atoms with Gasteiger partial charge in [-0.1, -0.05) is 6.07 Å². The van der Waals surface area contributed by atoms with E-state index < -0.39 is 28.9 Å². The Morgan fingerprint density at radius 3 is 1.88 bits per heavy atom. The molecule has 2 heterocycles. The fraction of sp³-hybridized carbons (Fsp3) is 0.182. The summed E-state index contributed by atoms with van der Waals surface area (Å²) in [7, 11) is 0. The van der Waals surface area contributed by atoms with Gasteiger partial charge in [-0.25, -0.2) is 0 Å². The van der Waals surface area contributed by atoms with Gasteiger partial charge in [0.25, 0.3) is 0 Å². The number of hydrogen-bond donors (Lipinski definition) is 2. The van der Waals surface area contributed by atoms with Crippen molar-refractivity contribution in [3.05, 3.63) is 91.5 Å². The molecule has 0 saturated heterocycles. The molecule has 0 amide bonds. The standard InChI is InChI=1S/2C11H8F3NO/c1-6-4-10(16)8-3-2-7(11(12,13)14)5-9(8)15-6;1-6-5-9(16)10-7(11(12,13)14)3-2-4-8(10)15-6/h2*2-5H,1H3,(H,15,16). The maximum absolute atomic E-state index is 12.6. The summed E-state index contributed by atoms with van der Waals surface area (Å²) in [6.07, 6.45) is -8.91. The maximum Gasteiger partial charge on any atom is 0.417 e. The second-order valence-corrected chi connectivity index (χ2v) is 7.12. The van der Waals surface area contributed by atoms with Crippen LogP contribution in [0, 0.1) is 13.8 Å². The number of aromatic nitrogens is 2. The van der Waals surface area contributed by atoms with Crippen molar-refractivity contribution >= 4 is 21.8 Å².